The molecule has 1 aliphatic heterocycles. The highest BCUT2D eigenvalue weighted by molar-refractivity contribution is 6.30. The van der Waals surface area contributed by atoms with E-state index < -0.39 is 0 Å². The van der Waals surface area contributed by atoms with E-state index in [1.165, 1.54) is 0 Å². The minimum Gasteiger partial charge on any atom is -0.466 e. The average Bonchev–Trinajstić information content (AvgIpc) is 3.11. The van der Waals surface area contributed by atoms with Gasteiger partial charge in [0.25, 0.3) is 5.91 Å². The number of aromatic nitrogens is 2. The molecule has 7 heteroatoms. The Bertz CT molecular complexity index is 774. The number of ether oxygens (including phenoxy) is 1. The number of amides is 1. The summed E-state index contributed by atoms with van der Waals surface area (Å²) in [7, 11) is 0. The molecule has 0 aliphatic carbocycles. The standard InChI is InChI=1S/C18H20ClN3O3/c1-2-25-18(24)13-6-4-8-22(11-13)17(23)16-10-15(20-21-16)12-5-3-7-14(19)9-12/h3,5,7,9-10,13H,2,4,6,8,11H2,1H3,(H,20,21)/t13-/m1/s1. The van der Waals surface area contributed by atoms with E-state index in [1.54, 1.807) is 30.0 Å². The molecule has 1 aliphatic rings. The molecule has 1 N–H and O–H groups in total. The third-order valence-corrected chi connectivity index (χ3v) is 4.49. The largest absolute Gasteiger partial charge is 0.466 e. The van der Waals surface area contributed by atoms with Crippen LogP contribution in [0.25, 0.3) is 11.3 Å². The number of rotatable bonds is 4. The van der Waals surface area contributed by atoms with E-state index in [-0.39, 0.29) is 17.8 Å². The van der Waals surface area contributed by atoms with Gasteiger partial charge in [0.2, 0.25) is 0 Å². The first kappa shape index (κ1) is 17.5. The van der Waals surface area contributed by atoms with E-state index in [1.807, 2.05) is 12.1 Å². The second-order valence-electron chi connectivity index (χ2n) is 6.02. The Labute approximate surface area is 151 Å². The van der Waals surface area contributed by atoms with Crippen LogP contribution >= 0.6 is 11.6 Å². The molecule has 0 radical (unpaired) electrons. The van der Waals surface area contributed by atoms with Crippen LogP contribution in [0.2, 0.25) is 5.02 Å². The molecule has 1 saturated heterocycles. The van der Waals surface area contributed by atoms with E-state index in [9.17, 15) is 9.59 Å². The van der Waals surface area contributed by atoms with Crippen LogP contribution in [-0.4, -0.2) is 46.7 Å². The number of carbonyl (C=O) groups excluding carboxylic acids is 2. The van der Waals surface area contributed by atoms with Crippen LogP contribution in [0, 0.1) is 5.92 Å². The van der Waals surface area contributed by atoms with Crippen LogP contribution in [0.1, 0.15) is 30.3 Å². The fraction of sp³-hybridized carbons (Fsp3) is 0.389. The number of hydrogen-bond donors (Lipinski definition) is 1. The SMILES string of the molecule is CCOC(=O)[C@@H]1CCCN(C(=O)c2cc(-c3cccc(Cl)c3)n[nH]2)C1. The van der Waals surface area contributed by atoms with Gasteiger partial charge in [0.05, 0.1) is 18.2 Å². The third kappa shape index (κ3) is 4.02. The predicted molar refractivity (Wildman–Crippen MR) is 94.3 cm³/mol. The Hall–Kier alpha value is -2.34. The van der Waals surface area contributed by atoms with Crippen molar-refractivity contribution in [2.75, 3.05) is 19.7 Å². The van der Waals surface area contributed by atoms with Crippen LogP contribution in [-0.2, 0) is 9.53 Å². The van der Waals surface area contributed by atoms with Gasteiger partial charge in [0, 0.05) is 23.7 Å². The summed E-state index contributed by atoms with van der Waals surface area (Å²) in [6, 6.07) is 9.01. The summed E-state index contributed by atoms with van der Waals surface area (Å²) < 4.78 is 5.08. The molecular formula is C18H20ClN3O3. The second-order valence-corrected chi connectivity index (χ2v) is 6.46. The summed E-state index contributed by atoms with van der Waals surface area (Å²) in [6.45, 7) is 3.14. The molecule has 3 rings (SSSR count). The zero-order valence-corrected chi connectivity index (χ0v) is 14.8. The van der Waals surface area contributed by atoms with Crippen molar-refractivity contribution in [1.29, 1.82) is 0 Å². The lowest BCUT2D eigenvalue weighted by Crippen LogP contribution is -2.43. The van der Waals surface area contributed by atoms with Crippen molar-refractivity contribution in [2.45, 2.75) is 19.8 Å². The molecule has 6 nitrogen and oxygen atoms in total. The highest BCUT2D eigenvalue weighted by atomic mass is 35.5. The highest BCUT2D eigenvalue weighted by Crippen LogP contribution is 2.23. The Morgan fingerprint density at radius 2 is 2.24 bits per heavy atom. The molecule has 1 aromatic carbocycles. The van der Waals surface area contributed by atoms with Gasteiger partial charge in [0.15, 0.2) is 0 Å². The average molecular weight is 362 g/mol. The van der Waals surface area contributed by atoms with Crippen LogP contribution < -0.4 is 0 Å². The van der Waals surface area contributed by atoms with Crippen molar-refractivity contribution in [3.05, 3.63) is 41.0 Å². The molecule has 1 fully saturated rings. The van der Waals surface area contributed by atoms with Gasteiger partial charge < -0.3 is 9.64 Å². The van der Waals surface area contributed by atoms with Crippen molar-refractivity contribution in [3.8, 4) is 11.3 Å². The molecule has 0 saturated carbocycles. The number of likely N-dealkylation sites (tertiary alicyclic amines) is 1. The normalized spacial score (nSPS) is 17.4. The summed E-state index contributed by atoms with van der Waals surface area (Å²) >= 11 is 6.00. The van der Waals surface area contributed by atoms with Gasteiger partial charge in [-0.25, -0.2) is 0 Å². The van der Waals surface area contributed by atoms with Gasteiger partial charge >= 0.3 is 5.97 Å². The molecule has 25 heavy (non-hydrogen) atoms. The van der Waals surface area contributed by atoms with Crippen LogP contribution in [0.5, 0.6) is 0 Å². The summed E-state index contributed by atoms with van der Waals surface area (Å²) in [6.07, 6.45) is 1.53. The fourth-order valence-electron chi connectivity index (χ4n) is 3.01. The number of nitrogens with one attached hydrogen (secondary N) is 1. The van der Waals surface area contributed by atoms with Crippen LogP contribution in [0.3, 0.4) is 0 Å². The lowest BCUT2D eigenvalue weighted by Gasteiger charge is -2.31. The maximum Gasteiger partial charge on any atom is 0.310 e. The van der Waals surface area contributed by atoms with Gasteiger partial charge in [-0.3, -0.25) is 14.7 Å². The first-order chi connectivity index (χ1) is 12.1. The molecule has 0 bridgehead atoms. The fourth-order valence-corrected chi connectivity index (χ4v) is 3.20. The van der Waals surface area contributed by atoms with E-state index >= 15 is 0 Å². The number of halogens is 1. The Morgan fingerprint density at radius 3 is 3.00 bits per heavy atom. The Morgan fingerprint density at radius 1 is 1.40 bits per heavy atom. The number of H-pyrrole nitrogens is 1. The topological polar surface area (TPSA) is 75.3 Å². The number of esters is 1. The smallest absolute Gasteiger partial charge is 0.310 e. The molecule has 1 atom stereocenters. The first-order valence-electron chi connectivity index (χ1n) is 8.35. The van der Waals surface area contributed by atoms with Gasteiger partial charge in [0.1, 0.15) is 5.69 Å². The molecule has 2 heterocycles. The zero-order valence-electron chi connectivity index (χ0n) is 14.0. The van der Waals surface area contributed by atoms with Crippen LogP contribution in [0.4, 0.5) is 0 Å². The minimum atomic E-state index is -0.257. The summed E-state index contributed by atoms with van der Waals surface area (Å²) in [5, 5.41) is 7.61. The lowest BCUT2D eigenvalue weighted by atomic mass is 9.98. The van der Waals surface area contributed by atoms with Crippen molar-refractivity contribution in [1.82, 2.24) is 15.1 Å². The molecule has 1 amide bonds. The Balaban J connectivity index is 1.72. The van der Waals surface area contributed by atoms with Crippen LogP contribution in [0.15, 0.2) is 30.3 Å². The van der Waals surface area contributed by atoms with Crippen molar-refractivity contribution >= 4 is 23.5 Å². The van der Waals surface area contributed by atoms with Gasteiger partial charge in [-0.05, 0) is 38.0 Å². The molecule has 0 unspecified atom stereocenters. The lowest BCUT2D eigenvalue weighted by molar-refractivity contribution is -0.149. The zero-order chi connectivity index (χ0) is 17.8. The quantitative estimate of drug-likeness (QED) is 0.849. The van der Waals surface area contributed by atoms with E-state index in [0.717, 1.165) is 18.4 Å². The van der Waals surface area contributed by atoms with Crippen molar-refractivity contribution in [2.24, 2.45) is 5.92 Å². The Kier molecular flexibility index (Phi) is 5.38. The number of nitrogens with zero attached hydrogens (tertiary/aromatic N) is 2. The minimum absolute atomic E-state index is 0.158. The summed E-state index contributed by atoms with van der Waals surface area (Å²) in [5.74, 6) is -0.646. The molecule has 1 aromatic heterocycles. The second kappa shape index (κ2) is 7.70. The number of piperidine rings is 1. The first-order valence-corrected chi connectivity index (χ1v) is 8.73. The maximum absolute atomic E-state index is 12.7. The van der Waals surface area contributed by atoms with E-state index in [2.05, 4.69) is 10.2 Å². The van der Waals surface area contributed by atoms with Gasteiger partial charge in [-0.2, -0.15) is 5.10 Å². The number of benzene rings is 1. The highest BCUT2D eigenvalue weighted by Gasteiger charge is 2.30. The van der Waals surface area contributed by atoms with Gasteiger partial charge in [-0.15, -0.1) is 0 Å². The van der Waals surface area contributed by atoms with Crippen molar-refractivity contribution < 1.29 is 14.3 Å². The van der Waals surface area contributed by atoms with E-state index in [0.29, 0.717) is 36.1 Å². The summed E-state index contributed by atoms with van der Waals surface area (Å²) in [5.41, 5.74) is 1.90. The predicted octanol–water partition coefficient (Wildman–Crippen LogP) is 3.15. The third-order valence-electron chi connectivity index (χ3n) is 4.26. The molecular weight excluding hydrogens is 342 g/mol. The maximum atomic E-state index is 12.7. The van der Waals surface area contributed by atoms with Crippen molar-refractivity contribution in [3.63, 3.8) is 0 Å². The number of aromatic amines is 1. The van der Waals surface area contributed by atoms with E-state index in [4.69, 9.17) is 16.3 Å². The van der Waals surface area contributed by atoms with Gasteiger partial charge in [-0.1, -0.05) is 23.7 Å². The number of carbonyl (C=O) groups is 2. The number of hydrogen-bond acceptors (Lipinski definition) is 4. The summed E-state index contributed by atoms with van der Waals surface area (Å²) in [4.78, 5) is 26.3. The molecule has 0 spiro atoms. The molecule has 132 valence electrons. The monoisotopic (exact) mass is 361 g/mol. The molecule has 2 aromatic rings.